The highest BCUT2D eigenvalue weighted by molar-refractivity contribution is 7.79. The highest BCUT2D eigenvalue weighted by atomic mass is 35.5. The molecule has 1 aromatic rings. The monoisotopic (exact) mass is 902 g/mol. The summed E-state index contributed by atoms with van der Waals surface area (Å²) in [6.07, 6.45) is 1.70. The first-order chi connectivity index (χ1) is 28.0. The van der Waals surface area contributed by atoms with Crippen LogP contribution in [-0.2, 0) is 29.4 Å². The van der Waals surface area contributed by atoms with Crippen LogP contribution in [0.2, 0.25) is 5.02 Å². The van der Waals surface area contributed by atoms with Crippen molar-refractivity contribution < 1.29 is 72.0 Å². The topological polar surface area (TPSA) is 273 Å². The maximum atomic E-state index is 12.9. The second kappa shape index (κ2) is 16.2. The Kier molecular flexibility index (Phi) is 12.8. The fourth-order valence-corrected chi connectivity index (χ4v) is 12.9. The summed E-state index contributed by atoms with van der Waals surface area (Å²) in [5, 5.41) is 77.1. The molecule has 1 spiro atoms. The number of rotatable bonds is 4. The number of esters is 1. The van der Waals surface area contributed by atoms with Gasteiger partial charge in [-0.2, -0.15) is 8.42 Å². The number of fused-ring (bicyclic) bond motifs is 5. The number of hydrogen-bond donors (Lipinski definition) is 9. The molecule has 9 N–H and O–H groups in total. The number of piperidine rings is 2. The molecule has 3 heterocycles. The molecule has 0 aromatic heterocycles. The Bertz CT molecular complexity index is 2000. The quantitative estimate of drug-likeness (QED) is 0.119. The summed E-state index contributed by atoms with van der Waals surface area (Å²) in [5.74, 6) is -4.05. The maximum absolute atomic E-state index is 12.9. The number of allylic oxidation sites excluding steroid dienone is 1. The van der Waals surface area contributed by atoms with E-state index in [4.69, 9.17) is 43.3 Å². The van der Waals surface area contributed by atoms with Gasteiger partial charge < -0.3 is 44.8 Å². The molecule has 0 radical (unpaired) electrons. The number of aliphatic hydroxyl groups excluding tert-OH is 1. The highest BCUT2D eigenvalue weighted by Gasteiger charge is 2.88. The minimum Gasteiger partial charge on any atom is -0.453 e. The molecule has 7 aliphatic rings. The summed E-state index contributed by atoms with van der Waals surface area (Å²) in [4.78, 5) is 26.0. The Morgan fingerprint density at radius 3 is 2.23 bits per heavy atom. The zero-order valence-corrected chi connectivity index (χ0v) is 37.3. The van der Waals surface area contributed by atoms with Gasteiger partial charge in [0.2, 0.25) is 5.79 Å². The predicted octanol–water partition coefficient (Wildman–Crippen LogP) is 3.64. The van der Waals surface area contributed by atoms with Crippen molar-refractivity contribution in [1.29, 1.82) is 0 Å². The Balaban J connectivity index is 0.000000273. The van der Waals surface area contributed by atoms with E-state index in [0.717, 1.165) is 6.42 Å². The molecule has 3 saturated heterocycles. The largest absolute Gasteiger partial charge is 0.453 e. The number of amides is 1. The number of ether oxygens (including phenoxy) is 3. The van der Waals surface area contributed by atoms with Gasteiger partial charge in [-0.1, -0.05) is 37.6 Å². The zero-order valence-electron chi connectivity index (χ0n) is 35.7. The van der Waals surface area contributed by atoms with Crippen molar-refractivity contribution in [2.45, 2.75) is 158 Å². The molecule has 19 heteroatoms. The van der Waals surface area contributed by atoms with Gasteiger partial charge in [-0.3, -0.25) is 19.3 Å². The van der Waals surface area contributed by atoms with Crippen molar-refractivity contribution in [3.8, 4) is 0 Å². The molecular formula is C42H63ClN2O15S. The average Bonchev–Trinajstić information content (AvgIpc) is 3.30. The van der Waals surface area contributed by atoms with E-state index in [9.17, 15) is 40.2 Å². The lowest BCUT2D eigenvalue weighted by atomic mass is 9.49. The van der Waals surface area contributed by atoms with Crippen molar-refractivity contribution in [1.82, 2.24) is 4.90 Å². The Morgan fingerprint density at radius 2 is 1.62 bits per heavy atom. The van der Waals surface area contributed by atoms with Crippen LogP contribution in [0, 0.1) is 29.1 Å². The van der Waals surface area contributed by atoms with Gasteiger partial charge in [0.15, 0.2) is 6.10 Å². The molecule has 14 atom stereocenters. The van der Waals surface area contributed by atoms with E-state index in [1.807, 2.05) is 6.92 Å². The second-order valence-corrected chi connectivity index (χ2v) is 20.5. The summed E-state index contributed by atoms with van der Waals surface area (Å²) in [6, 6.07) is 6.51. The van der Waals surface area contributed by atoms with Crippen molar-refractivity contribution in [3.05, 3.63) is 40.9 Å². The number of anilines is 1. The third kappa shape index (κ3) is 7.73. The van der Waals surface area contributed by atoms with Crippen LogP contribution in [0.25, 0.3) is 0 Å². The van der Waals surface area contributed by atoms with Crippen LogP contribution in [0.15, 0.2) is 35.9 Å². The Morgan fingerprint density at radius 1 is 0.984 bits per heavy atom. The number of carbonyl (C=O) groups is 2. The van der Waals surface area contributed by atoms with Crippen LogP contribution in [0.1, 0.15) is 99.8 Å². The van der Waals surface area contributed by atoms with Crippen LogP contribution >= 0.6 is 11.6 Å². The van der Waals surface area contributed by atoms with Crippen LogP contribution in [-0.4, -0.2) is 136 Å². The van der Waals surface area contributed by atoms with E-state index in [1.54, 1.807) is 65.0 Å². The van der Waals surface area contributed by atoms with Gasteiger partial charge in [-0.05, 0) is 97.3 Å². The normalized spacial score (nSPS) is 44.7. The number of aliphatic hydroxyl groups is 6. The summed E-state index contributed by atoms with van der Waals surface area (Å²) >= 11 is 5.74. The van der Waals surface area contributed by atoms with Gasteiger partial charge in [0.05, 0.1) is 17.8 Å². The molecule has 344 valence electrons. The number of carbonyl (C=O) groups excluding carboxylic acids is 2. The molecule has 8 rings (SSSR count). The molecule has 4 bridgehead atoms. The third-order valence-corrected chi connectivity index (χ3v) is 15.7. The van der Waals surface area contributed by atoms with Gasteiger partial charge in [-0.15, -0.1) is 0 Å². The third-order valence-electron chi connectivity index (χ3n) is 15.5. The summed E-state index contributed by atoms with van der Waals surface area (Å²) in [6.45, 7) is 13.6. The molecule has 3 aliphatic heterocycles. The first-order valence-corrected chi connectivity index (χ1v) is 22.8. The minimum atomic E-state index is -4.67. The number of nitrogens with one attached hydrogen (secondary N) is 1. The molecule has 17 nitrogen and oxygen atoms in total. The number of benzene rings is 1. The average molecular weight is 903 g/mol. The van der Waals surface area contributed by atoms with E-state index in [0.29, 0.717) is 60.8 Å². The van der Waals surface area contributed by atoms with E-state index in [-0.39, 0.29) is 31.5 Å². The first kappa shape index (κ1) is 48.0. The van der Waals surface area contributed by atoms with Crippen molar-refractivity contribution in [2.75, 3.05) is 18.4 Å². The Labute approximate surface area is 362 Å². The van der Waals surface area contributed by atoms with Gasteiger partial charge in [-0.25, -0.2) is 9.59 Å². The summed E-state index contributed by atoms with van der Waals surface area (Å²) in [5.41, 5.74) is -8.33. The van der Waals surface area contributed by atoms with Gasteiger partial charge in [0.25, 0.3) is 0 Å². The lowest BCUT2D eigenvalue weighted by Crippen LogP contribution is -2.85. The van der Waals surface area contributed by atoms with Crippen LogP contribution < -0.4 is 5.32 Å². The number of halogens is 1. The summed E-state index contributed by atoms with van der Waals surface area (Å²) < 4.78 is 49.1. The second-order valence-electron chi connectivity index (χ2n) is 19.2. The van der Waals surface area contributed by atoms with Crippen molar-refractivity contribution >= 4 is 39.7 Å². The molecule has 4 saturated carbocycles. The molecule has 14 unspecified atom stereocenters. The molecule has 1 amide bonds. The van der Waals surface area contributed by atoms with Crippen LogP contribution in [0.3, 0.4) is 0 Å². The van der Waals surface area contributed by atoms with E-state index < -0.39 is 91.6 Å². The fourth-order valence-electron chi connectivity index (χ4n) is 12.7. The summed E-state index contributed by atoms with van der Waals surface area (Å²) in [7, 11) is -4.67. The number of nitrogens with zero attached hydrogens (tertiary/aromatic N) is 1. The van der Waals surface area contributed by atoms with Crippen LogP contribution in [0.5, 0.6) is 0 Å². The van der Waals surface area contributed by atoms with E-state index >= 15 is 0 Å². The lowest BCUT2D eigenvalue weighted by Gasteiger charge is -2.68. The standard InChI is InChI=1S/C32H49NO9.C10H12ClNO2.H2O4S/c1-6-18(3)25(35)41-24-11-12-26(4)19-8-9-20-28(37)13-23(34)31(39)21(29(28,38)16-30(20,26)42-32(19,24)40)15-33-14-17(2)7-10-22(33)27(31,5)36;1-7(2)14-10(13)12-9-5-3-4-8(11)6-9;1-5(2,3)4/h6,17,19-24,34,36-40H,7-16H2,1-5H3;3-7H,1-2H3,(H,12,13);(H2,1,2,3,4). The molecule has 4 aliphatic carbocycles. The molecule has 1 aromatic carbocycles. The van der Waals surface area contributed by atoms with Gasteiger partial charge in [0.1, 0.15) is 22.4 Å². The number of hydrogen-bond acceptors (Lipinski definition) is 14. The molecular weight excluding hydrogens is 840 g/mol. The lowest BCUT2D eigenvalue weighted by molar-refractivity contribution is -0.354. The van der Waals surface area contributed by atoms with Gasteiger partial charge >= 0.3 is 22.5 Å². The van der Waals surface area contributed by atoms with Crippen molar-refractivity contribution in [2.24, 2.45) is 29.1 Å². The molecule has 7 fully saturated rings. The highest BCUT2D eigenvalue weighted by Crippen LogP contribution is 2.78. The minimum absolute atomic E-state index is 0.0606. The van der Waals surface area contributed by atoms with E-state index in [1.165, 1.54) is 0 Å². The molecule has 61 heavy (non-hydrogen) atoms. The van der Waals surface area contributed by atoms with Crippen molar-refractivity contribution in [3.63, 3.8) is 0 Å². The maximum Gasteiger partial charge on any atom is 0.411 e. The fraction of sp³-hybridized carbons (Fsp3) is 0.762. The Hall–Kier alpha value is -2.46. The van der Waals surface area contributed by atoms with Gasteiger partial charge in [0, 0.05) is 71.4 Å². The smallest absolute Gasteiger partial charge is 0.411 e. The SMILES string of the molecule is CC(C)OC(=O)Nc1cccc(Cl)c1.CC=C(C)C(=O)OC1CCC2(C)C3CCC4C5(O)CC(O)C6(O)C(CN7CC(C)CCC7C6(C)O)C5(O)CC42OC13O.O=S(=O)(O)O. The zero-order chi connectivity index (χ0) is 45.5. The van der Waals surface area contributed by atoms with E-state index in [2.05, 4.69) is 17.1 Å². The first-order valence-electron chi connectivity index (χ1n) is 21.0. The predicted molar refractivity (Wildman–Crippen MR) is 220 cm³/mol. The van der Waals surface area contributed by atoms with Crippen LogP contribution in [0.4, 0.5) is 10.5 Å².